The smallest absolute Gasteiger partial charge is 0.475 e. The van der Waals surface area contributed by atoms with Crippen molar-refractivity contribution in [2.75, 3.05) is 24.5 Å². The summed E-state index contributed by atoms with van der Waals surface area (Å²) in [7, 11) is 0. The molecule has 2 fully saturated rings. The Kier molecular flexibility index (Phi) is 6.00. The highest BCUT2D eigenvalue weighted by Gasteiger charge is 2.56. The number of aromatic nitrogens is 2. The van der Waals surface area contributed by atoms with Crippen molar-refractivity contribution in [3.05, 3.63) is 42.5 Å². The Hall–Kier alpha value is -3.44. The van der Waals surface area contributed by atoms with Crippen molar-refractivity contribution < 1.29 is 37.2 Å². The first-order valence-corrected chi connectivity index (χ1v) is 9.28. The van der Waals surface area contributed by atoms with E-state index in [9.17, 15) is 22.8 Å². The van der Waals surface area contributed by atoms with Crippen LogP contribution in [0.5, 0.6) is 0 Å². The molecule has 0 saturated carbocycles. The van der Waals surface area contributed by atoms with Crippen molar-refractivity contribution in [1.29, 1.82) is 0 Å². The number of anilines is 1. The van der Waals surface area contributed by atoms with E-state index in [4.69, 9.17) is 14.4 Å². The van der Waals surface area contributed by atoms with Gasteiger partial charge in [0.05, 0.1) is 23.5 Å². The van der Waals surface area contributed by atoms with E-state index < -0.39 is 17.6 Å². The van der Waals surface area contributed by atoms with Gasteiger partial charge in [-0.15, -0.1) is 0 Å². The van der Waals surface area contributed by atoms with Crippen LogP contribution in [0.2, 0.25) is 0 Å². The Morgan fingerprint density at radius 3 is 2.55 bits per heavy atom. The molecule has 2 aliphatic rings. The number of nitrogens with zero attached hydrogens (tertiary/aromatic N) is 4. The summed E-state index contributed by atoms with van der Waals surface area (Å²) in [6.07, 6.45) is 0.499. The molecule has 0 aliphatic carbocycles. The van der Waals surface area contributed by atoms with Gasteiger partial charge in [0.15, 0.2) is 0 Å². The molecule has 9 nitrogen and oxygen atoms in total. The van der Waals surface area contributed by atoms with Gasteiger partial charge in [-0.3, -0.25) is 14.6 Å². The number of hydrogen-bond donors (Lipinski definition) is 1. The number of pyridine rings is 1. The van der Waals surface area contributed by atoms with Crippen molar-refractivity contribution in [2.24, 2.45) is 11.3 Å². The predicted molar refractivity (Wildman–Crippen MR) is 98.9 cm³/mol. The summed E-state index contributed by atoms with van der Waals surface area (Å²) in [5.41, 5.74) is 0.289. The maximum Gasteiger partial charge on any atom is 0.490 e. The molecule has 12 heteroatoms. The minimum absolute atomic E-state index is 0.0795. The third-order valence-electron chi connectivity index (χ3n) is 5.50. The number of hydrogen-bond acceptors (Lipinski definition) is 6. The maximum absolute atomic E-state index is 13.1. The lowest BCUT2D eigenvalue weighted by atomic mass is 9.78. The number of aliphatic carboxylic acids is 1. The number of halogens is 3. The second-order valence-electron chi connectivity index (χ2n) is 7.34. The molecule has 31 heavy (non-hydrogen) atoms. The molecule has 1 N–H and O–H groups in total. The van der Waals surface area contributed by atoms with Gasteiger partial charge in [-0.05, 0) is 24.5 Å². The fraction of sp³-hybridized carbons (Fsp3) is 0.421. The SMILES string of the molecule is C[C@@H]1CN(C(=O)c2ccno2)C[C@]12CCN(c1cccnc1)C2=O.O=C(O)C(F)(F)F. The molecule has 2 aromatic rings. The summed E-state index contributed by atoms with van der Waals surface area (Å²) in [5.74, 6) is -2.57. The third kappa shape index (κ3) is 4.37. The molecular formula is C19H19F3N4O5. The normalized spacial score (nSPS) is 23.1. The van der Waals surface area contributed by atoms with E-state index in [1.54, 1.807) is 28.3 Å². The highest BCUT2D eigenvalue weighted by molar-refractivity contribution is 6.01. The molecular weight excluding hydrogens is 421 g/mol. The topological polar surface area (TPSA) is 117 Å². The quantitative estimate of drug-likeness (QED) is 0.761. The van der Waals surface area contributed by atoms with E-state index in [-0.39, 0.29) is 23.5 Å². The van der Waals surface area contributed by atoms with Crippen LogP contribution in [0.3, 0.4) is 0 Å². The zero-order chi connectivity index (χ0) is 22.8. The third-order valence-corrected chi connectivity index (χ3v) is 5.50. The van der Waals surface area contributed by atoms with Gasteiger partial charge in [-0.25, -0.2) is 4.79 Å². The molecule has 166 valence electrons. The molecule has 2 saturated heterocycles. The van der Waals surface area contributed by atoms with E-state index in [2.05, 4.69) is 10.1 Å². The molecule has 2 aromatic heterocycles. The molecule has 4 heterocycles. The number of carbonyl (C=O) groups is 3. The van der Waals surface area contributed by atoms with Gasteiger partial charge in [0, 0.05) is 31.9 Å². The van der Waals surface area contributed by atoms with Gasteiger partial charge < -0.3 is 19.4 Å². The average molecular weight is 440 g/mol. The summed E-state index contributed by atoms with van der Waals surface area (Å²) >= 11 is 0. The average Bonchev–Trinajstić information content (AvgIpc) is 3.44. The van der Waals surface area contributed by atoms with Gasteiger partial charge in [0.1, 0.15) is 0 Å². The lowest BCUT2D eigenvalue weighted by Crippen LogP contribution is -2.40. The van der Waals surface area contributed by atoms with Crippen LogP contribution in [-0.4, -0.2) is 63.7 Å². The molecule has 1 spiro atoms. The number of alkyl halides is 3. The number of amides is 2. The van der Waals surface area contributed by atoms with Crippen molar-refractivity contribution >= 4 is 23.5 Å². The standard InChI is InChI=1S/C17H18N4O3.C2HF3O2/c1-12-10-20(15(22)14-4-7-19-24-14)11-17(12)5-8-21(16(17)23)13-3-2-6-18-9-13;3-2(4,5)1(6)7/h2-4,6-7,9,12H,5,8,10-11H2,1H3;(H,6,7)/t12-,17-;/m1./s1. The van der Waals surface area contributed by atoms with E-state index in [0.717, 1.165) is 12.1 Å². The molecule has 2 amide bonds. The monoisotopic (exact) mass is 440 g/mol. The number of carboxylic acids is 1. The zero-order valence-corrected chi connectivity index (χ0v) is 16.4. The minimum atomic E-state index is -5.08. The largest absolute Gasteiger partial charge is 0.490 e. The summed E-state index contributed by atoms with van der Waals surface area (Å²) in [5, 5.41) is 10.7. The van der Waals surface area contributed by atoms with Crippen LogP contribution in [0.25, 0.3) is 0 Å². The first kappa shape index (κ1) is 22.2. The lowest BCUT2D eigenvalue weighted by Gasteiger charge is -2.26. The first-order chi connectivity index (χ1) is 14.6. The van der Waals surface area contributed by atoms with Crippen LogP contribution in [0.4, 0.5) is 18.9 Å². The highest BCUT2D eigenvalue weighted by Crippen LogP contribution is 2.46. The Labute approximate surface area is 174 Å². The maximum atomic E-state index is 13.1. The van der Waals surface area contributed by atoms with E-state index in [1.807, 2.05) is 19.1 Å². The van der Waals surface area contributed by atoms with Crippen LogP contribution in [-0.2, 0) is 9.59 Å². The minimum Gasteiger partial charge on any atom is -0.475 e. The van der Waals surface area contributed by atoms with Crippen LogP contribution < -0.4 is 4.90 Å². The van der Waals surface area contributed by atoms with Crippen molar-refractivity contribution in [1.82, 2.24) is 15.0 Å². The molecule has 2 atom stereocenters. The van der Waals surface area contributed by atoms with Gasteiger partial charge in [0.25, 0.3) is 5.91 Å². The van der Waals surface area contributed by atoms with Crippen LogP contribution in [0.1, 0.15) is 23.9 Å². The lowest BCUT2D eigenvalue weighted by molar-refractivity contribution is -0.192. The fourth-order valence-electron chi connectivity index (χ4n) is 3.86. The molecule has 0 bridgehead atoms. The summed E-state index contributed by atoms with van der Waals surface area (Å²) in [6.45, 7) is 3.66. The van der Waals surface area contributed by atoms with Gasteiger partial charge >= 0.3 is 12.1 Å². The van der Waals surface area contributed by atoms with Crippen molar-refractivity contribution in [2.45, 2.75) is 19.5 Å². The van der Waals surface area contributed by atoms with Gasteiger partial charge in [-0.1, -0.05) is 12.1 Å². The Morgan fingerprint density at radius 1 is 1.29 bits per heavy atom. The highest BCUT2D eigenvalue weighted by atomic mass is 19.4. The summed E-state index contributed by atoms with van der Waals surface area (Å²) in [4.78, 5) is 42.1. The number of carboxylic acid groups (broad SMARTS) is 1. The molecule has 2 aliphatic heterocycles. The predicted octanol–water partition coefficient (Wildman–Crippen LogP) is 2.22. The molecule has 4 rings (SSSR count). The molecule has 0 unspecified atom stereocenters. The van der Waals surface area contributed by atoms with Gasteiger partial charge in [0.2, 0.25) is 11.7 Å². The van der Waals surface area contributed by atoms with Crippen molar-refractivity contribution in [3.63, 3.8) is 0 Å². The molecule has 0 radical (unpaired) electrons. The Morgan fingerprint density at radius 2 is 2.00 bits per heavy atom. The number of likely N-dealkylation sites (tertiary alicyclic amines) is 1. The zero-order valence-electron chi connectivity index (χ0n) is 16.4. The Balaban J connectivity index is 0.000000339. The van der Waals surface area contributed by atoms with Crippen molar-refractivity contribution in [3.8, 4) is 0 Å². The summed E-state index contributed by atoms with van der Waals surface area (Å²) in [6, 6.07) is 5.27. The van der Waals surface area contributed by atoms with Crippen LogP contribution in [0.15, 0.2) is 41.3 Å². The number of rotatable bonds is 2. The summed E-state index contributed by atoms with van der Waals surface area (Å²) < 4.78 is 36.7. The first-order valence-electron chi connectivity index (χ1n) is 9.28. The fourth-order valence-corrected chi connectivity index (χ4v) is 3.86. The van der Waals surface area contributed by atoms with Crippen LogP contribution in [0, 0.1) is 11.3 Å². The van der Waals surface area contributed by atoms with E-state index in [0.29, 0.717) is 19.6 Å². The van der Waals surface area contributed by atoms with Crippen LogP contribution >= 0.6 is 0 Å². The molecule has 0 aromatic carbocycles. The number of carbonyl (C=O) groups excluding carboxylic acids is 2. The van der Waals surface area contributed by atoms with Gasteiger partial charge in [-0.2, -0.15) is 13.2 Å². The second kappa shape index (κ2) is 8.36. The van der Waals surface area contributed by atoms with E-state index >= 15 is 0 Å². The Bertz CT molecular complexity index is 951. The second-order valence-corrected chi connectivity index (χ2v) is 7.34. The van der Waals surface area contributed by atoms with E-state index in [1.165, 1.54) is 6.20 Å².